The molecule has 0 saturated heterocycles. The molecule has 0 spiro atoms. The van der Waals surface area contributed by atoms with Crippen LogP contribution in [0.25, 0.3) is 0 Å². The third-order valence-corrected chi connectivity index (χ3v) is 3.31. The first-order chi connectivity index (χ1) is 8.79. The molecule has 1 N–H and O–H groups in total. The number of carbonyl (C=O) groups is 1. The van der Waals surface area contributed by atoms with Crippen LogP contribution in [0.3, 0.4) is 0 Å². The molecule has 1 aromatic carbocycles. The molecule has 0 bridgehead atoms. The summed E-state index contributed by atoms with van der Waals surface area (Å²) in [6.07, 6.45) is 0.340. The fraction of sp³-hybridized carbons (Fsp3) is 0.533. The largest absolute Gasteiger partial charge is 0.493 e. The Labute approximate surface area is 120 Å². The lowest BCUT2D eigenvalue weighted by Crippen LogP contribution is -2.41. The highest BCUT2D eigenvalue weighted by atomic mass is 35.5. The van der Waals surface area contributed by atoms with E-state index in [0.29, 0.717) is 23.8 Å². The van der Waals surface area contributed by atoms with Crippen LogP contribution in [0.4, 0.5) is 0 Å². The summed E-state index contributed by atoms with van der Waals surface area (Å²) in [5.74, 6) is 0.689. The lowest BCUT2D eigenvalue weighted by molar-refractivity contribution is -0.122. The van der Waals surface area contributed by atoms with Crippen molar-refractivity contribution < 1.29 is 9.53 Å². The van der Waals surface area contributed by atoms with Gasteiger partial charge in [0.1, 0.15) is 5.75 Å². The number of carbonyl (C=O) groups excluding carboxylic acids is 1. The number of rotatable bonds is 5. The van der Waals surface area contributed by atoms with Crippen molar-refractivity contribution in [3.63, 3.8) is 0 Å². The molecule has 0 heterocycles. The van der Waals surface area contributed by atoms with Crippen molar-refractivity contribution in [1.29, 1.82) is 0 Å². The molecule has 0 aromatic heterocycles. The van der Waals surface area contributed by atoms with Crippen LogP contribution in [0.1, 0.15) is 34.1 Å². The molecular weight excluding hydrogens is 262 g/mol. The predicted molar refractivity (Wildman–Crippen MR) is 78.6 cm³/mol. The highest BCUT2D eigenvalue weighted by Crippen LogP contribution is 2.19. The summed E-state index contributed by atoms with van der Waals surface area (Å²) in [7, 11) is 0. The maximum atomic E-state index is 11.7. The summed E-state index contributed by atoms with van der Waals surface area (Å²) in [4.78, 5) is 11.7. The number of ether oxygens (including phenoxy) is 1. The molecule has 0 aliphatic carbocycles. The van der Waals surface area contributed by atoms with Crippen molar-refractivity contribution >= 4 is 17.5 Å². The zero-order valence-corrected chi connectivity index (χ0v) is 12.8. The van der Waals surface area contributed by atoms with Gasteiger partial charge in [0, 0.05) is 11.1 Å². The van der Waals surface area contributed by atoms with Gasteiger partial charge < -0.3 is 10.1 Å². The zero-order chi connectivity index (χ0) is 14.5. The molecule has 0 saturated carbocycles. The van der Waals surface area contributed by atoms with E-state index in [2.05, 4.69) is 26.1 Å². The Morgan fingerprint density at radius 1 is 1.42 bits per heavy atom. The van der Waals surface area contributed by atoms with Crippen LogP contribution in [-0.2, 0) is 4.79 Å². The maximum Gasteiger partial charge on any atom is 0.223 e. The molecule has 0 aliphatic rings. The van der Waals surface area contributed by atoms with Gasteiger partial charge in [-0.2, -0.15) is 0 Å². The molecule has 1 atom stereocenters. The Kier molecular flexibility index (Phi) is 5.67. The van der Waals surface area contributed by atoms with Crippen molar-refractivity contribution in [1.82, 2.24) is 5.32 Å². The molecule has 0 aliphatic heterocycles. The van der Waals surface area contributed by atoms with E-state index in [4.69, 9.17) is 16.3 Å². The minimum absolute atomic E-state index is 0.00412. The first-order valence-electron chi connectivity index (χ1n) is 6.47. The van der Waals surface area contributed by atoms with Gasteiger partial charge >= 0.3 is 0 Å². The first-order valence-corrected chi connectivity index (χ1v) is 6.84. The maximum absolute atomic E-state index is 11.7. The Bertz CT molecular complexity index is 426. The first kappa shape index (κ1) is 15.8. The van der Waals surface area contributed by atoms with Crippen LogP contribution in [0, 0.1) is 5.41 Å². The van der Waals surface area contributed by atoms with Crippen molar-refractivity contribution in [2.45, 2.75) is 40.2 Å². The molecule has 19 heavy (non-hydrogen) atoms. The van der Waals surface area contributed by atoms with Crippen LogP contribution in [0.15, 0.2) is 24.3 Å². The van der Waals surface area contributed by atoms with E-state index in [9.17, 15) is 4.79 Å². The SMILES string of the molecule is CC(NC(=O)CCOc1cccc(Cl)c1)C(C)(C)C. The van der Waals surface area contributed by atoms with Gasteiger partial charge in [0.2, 0.25) is 5.91 Å². The van der Waals surface area contributed by atoms with Gasteiger partial charge in [0.05, 0.1) is 13.0 Å². The van der Waals surface area contributed by atoms with E-state index in [-0.39, 0.29) is 17.4 Å². The molecule has 1 rings (SSSR count). The zero-order valence-electron chi connectivity index (χ0n) is 12.0. The van der Waals surface area contributed by atoms with E-state index in [1.165, 1.54) is 0 Å². The average molecular weight is 284 g/mol. The van der Waals surface area contributed by atoms with Gasteiger partial charge in [-0.15, -0.1) is 0 Å². The molecule has 106 valence electrons. The summed E-state index contributed by atoms with van der Waals surface area (Å²) in [6, 6.07) is 7.29. The molecule has 0 fully saturated rings. The van der Waals surface area contributed by atoms with Crippen LogP contribution in [-0.4, -0.2) is 18.6 Å². The standard InChI is InChI=1S/C15H22ClNO2/c1-11(15(2,3)4)17-14(18)8-9-19-13-7-5-6-12(16)10-13/h5-7,10-11H,8-9H2,1-4H3,(H,17,18). The normalized spacial score (nSPS) is 12.9. The number of benzene rings is 1. The van der Waals surface area contributed by atoms with Crippen molar-refractivity contribution in [3.8, 4) is 5.75 Å². The van der Waals surface area contributed by atoms with E-state index in [1.807, 2.05) is 19.1 Å². The third kappa shape index (κ3) is 5.97. The van der Waals surface area contributed by atoms with Crippen LogP contribution in [0.2, 0.25) is 5.02 Å². The van der Waals surface area contributed by atoms with Gasteiger partial charge in [-0.1, -0.05) is 38.4 Å². The summed E-state index contributed by atoms with van der Waals surface area (Å²) in [6.45, 7) is 8.65. The smallest absolute Gasteiger partial charge is 0.223 e. The van der Waals surface area contributed by atoms with Gasteiger partial charge in [-0.05, 0) is 30.5 Å². The monoisotopic (exact) mass is 283 g/mol. The molecule has 1 amide bonds. The van der Waals surface area contributed by atoms with Crippen molar-refractivity contribution in [2.75, 3.05) is 6.61 Å². The van der Waals surface area contributed by atoms with Gasteiger partial charge in [-0.25, -0.2) is 0 Å². The second-order valence-corrected chi connectivity index (χ2v) is 6.15. The Balaban J connectivity index is 2.32. The summed E-state index contributed by atoms with van der Waals surface area (Å²) >= 11 is 5.85. The highest BCUT2D eigenvalue weighted by molar-refractivity contribution is 6.30. The van der Waals surface area contributed by atoms with Gasteiger partial charge in [0.15, 0.2) is 0 Å². The van der Waals surface area contributed by atoms with Crippen LogP contribution >= 0.6 is 11.6 Å². The quantitative estimate of drug-likeness (QED) is 0.895. The third-order valence-electron chi connectivity index (χ3n) is 3.07. The fourth-order valence-electron chi connectivity index (χ4n) is 1.35. The van der Waals surface area contributed by atoms with Crippen LogP contribution in [0.5, 0.6) is 5.75 Å². The number of nitrogens with one attached hydrogen (secondary N) is 1. The van der Waals surface area contributed by atoms with Crippen molar-refractivity contribution in [2.24, 2.45) is 5.41 Å². The number of amides is 1. The summed E-state index contributed by atoms with van der Waals surface area (Å²) in [5.41, 5.74) is 0.0590. The second-order valence-electron chi connectivity index (χ2n) is 5.71. The summed E-state index contributed by atoms with van der Waals surface area (Å²) < 4.78 is 5.48. The van der Waals surface area contributed by atoms with E-state index in [1.54, 1.807) is 12.1 Å². The molecule has 0 radical (unpaired) electrons. The molecular formula is C15H22ClNO2. The Hall–Kier alpha value is -1.22. The molecule has 4 heteroatoms. The highest BCUT2D eigenvalue weighted by Gasteiger charge is 2.21. The van der Waals surface area contributed by atoms with Gasteiger partial charge in [0.25, 0.3) is 0 Å². The molecule has 1 aromatic rings. The Morgan fingerprint density at radius 2 is 2.11 bits per heavy atom. The van der Waals surface area contributed by atoms with Gasteiger partial charge in [-0.3, -0.25) is 4.79 Å². The lowest BCUT2D eigenvalue weighted by atomic mass is 9.88. The Morgan fingerprint density at radius 3 is 2.68 bits per heavy atom. The minimum Gasteiger partial charge on any atom is -0.493 e. The minimum atomic E-state index is 0.00412. The molecule has 1 unspecified atom stereocenters. The average Bonchev–Trinajstić information content (AvgIpc) is 2.27. The van der Waals surface area contributed by atoms with E-state index >= 15 is 0 Å². The second kappa shape index (κ2) is 6.80. The lowest BCUT2D eigenvalue weighted by Gasteiger charge is -2.28. The molecule has 3 nitrogen and oxygen atoms in total. The van der Waals surface area contributed by atoms with E-state index in [0.717, 1.165) is 0 Å². The number of hydrogen-bond donors (Lipinski definition) is 1. The van der Waals surface area contributed by atoms with Crippen molar-refractivity contribution in [3.05, 3.63) is 29.3 Å². The number of halogens is 1. The topological polar surface area (TPSA) is 38.3 Å². The van der Waals surface area contributed by atoms with E-state index < -0.39 is 0 Å². The fourth-order valence-corrected chi connectivity index (χ4v) is 1.53. The summed E-state index contributed by atoms with van der Waals surface area (Å²) in [5, 5.41) is 3.60. The van der Waals surface area contributed by atoms with Crippen LogP contribution < -0.4 is 10.1 Å². The number of hydrogen-bond acceptors (Lipinski definition) is 2. The predicted octanol–water partition coefficient (Wildman–Crippen LogP) is 3.66.